The molecule has 1 aliphatic heterocycles. The molecule has 1 fully saturated rings. The van der Waals surface area contributed by atoms with Gasteiger partial charge in [-0.25, -0.2) is 4.98 Å². The van der Waals surface area contributed by atoms with Crippen molar-refractivity contribution in [2.45, 2.75) is 59.0 Å². The second kappa shape index (κ2) is 12.8. The zero-order chi connectivity index (χ0) is 29.9. The lowest BCUT2D eigenvalue weighted by Crippen LogP contribution is -2.42. The highest BCUT2D eigenvalue weighted by Crippen LogP contribution is 2.35. The molecule has 0 radical (unpaired) electrons. The number of aryl methyl sites for hydroxylation is 1. The van der Waals surface area contributed by atoms with Gasteiger partial charge in [-0.1, -0.05) is 55.8 Å². The Balaban J connectivity index is 1.50. The summed E-state index contributed by atoms with van der Waals surface area (Å²) in [6, 6.07) is 21.5. The maximum absolute atomic E-state index is 13.9. The predicted octanol–water partition coefficient (Wildman–Crippen LogP) is 5.69. The molecule has 4 aromatic rings. The van der Waals surface area contributed by atoms with Crippen LogP contribution < -0.4 is 14.8 Å². The highest BCUT2D eigenvalue weighted by Gasteiger charge is 2.25. The van der Waals surface area contributed by atoms with Crippen molar-refractivity contribution in [1.29, 1.82) is 0 Å². The molecule has 2 heterocycles. The second-order valence-electron chi connectivity index (χ2n) is 11.7. The third kappa shape index (κ3) is 6.43. The Morgan fingerprint density at radius 1 is 1.02 bits per heavy atom. The molecule has 3 aromatic carbocycles. The van der Waals surface area contributed by atoms with E-state index in [0.717, 1.165) is 66.1 Å². The van der Waals surface area contributed by atoms with Crippen LogP contribution in [0.1, 0.15) is 51.9 Å². The van der Waals surface area contributed by atoms with E-state index in [4.69, 9.17) is 9.72 Å². The van der Waals surface area contributed by atoms with E-state index in [1.54, 1.807) is 0 Å². The highest BCUT2D eigenvalue weighted by atomic mass is 32.2. The van der Waals surface area contributed by atoms with Crippen molar-refractivity contribution in [2.75, 3.05) is 35.5 Å². The lowest BCUT2D eigenvalue weighted by molar-refractivity contribution is 0.122. The van der Waals surface area contributed by atoms with Gasteiger partial charge in [0.05, 0.1) is 36.3 Å². The van der Waals surface area contributed by atoms with Crippen molar-refractivity contribution in [3.8, 4) is 11.1 Å². The number of morpholine rings is 1. The van der Waals surface area contributed by atoms with Gasteiger partial charge in [0.25, 0.3) is 5.56 Å². The van der Waals surface area contributed by atoms with Gasteiger partial charge in [-0.15, -0.1) is 0 Å². The molecule has 0 aliphatic carbocycles. The van der Waals surface area contributed by atoms with Crippen LogP contribution in [0.4, 0.5) is 11.4 Å². The fourth-order valence-electron chi connectivity index (χ4n) is 5.49. The summed E-state index contributed by atoms with van der Waals surface area (Å²) >= 11 is -2.43. The van der Waals surface area contributed by atoms with E-state index in [2.05, 4.69) is 11.8 Å². The zero-order valence-corrected chi connectivity index (χ0v) is 25.7. The van der Waals surface area contributed by atoms with E-state index < -0.39 is 16.8 Å². The minimum Gasteiger partial charge on any atom is -0.755 e. The molecule has 0 spiro atoms. The maximum atomic E-state index is 13.9. The first-order valence-corrected chi connectivity index (χ1v) is 15.6. The summed E-state index contributed by atoms with van der Waals surface area (Å²) < 4.78 is 33.1. The normalized spacial score (nSPS) is 14.7. The van der Waals surface area contributed by atoms with Crippen LogP contribution in [0.25, 0.3) is 22.0 Å². The van der Waals surface area contributed by atoms with E-state index in [-0.39, 0.29) is 5.56 Å². The van der Waals surface area contributed by atoms with Crippen LogP contribution in [0, 0.1) is 0 Å². The first-order chi connectivity index (χ1) is 20.2. The number of rotatable bonds is 9. The summed E-state index contributed by atoms with van der Waals surface area (Å²) in [5, 5.41) is 0.623. The number of ether oxygens (including phenoxy) is 1. The van der Waals surface area contributed by atoms with E-state index in [0.29, 0.717) is 30.8 Å². The molecular weight excluding hydrogens is 548 g/mol. The topological polar surface area (TPSA) is 90.7 Å². The molecule has 1 atom stereocenters. The van der Waals surface area contributed by atoms with Crippen LogP contribution >= 0.6 is 0 Å². The SMILES string of the molecule is CCCCc1nc2ccc(N3CCOCC3)cc2c(=O)n1Cc1ccc(-c2ccccc2N(S(=O)[O-])C(C)(C)C)cc1. The lowest BCUT2D eigenvalue weighted by atomic mass is 10.00. The molecule has 0 bridgehead atoms. The molecule has 1 aromatic heterocycles. The van der Waals surface area contributed by atoms with Crippen LogP contribution in [0.3, 0.4) is 0 Å². The largest absolute Gasteiger partial charge is 0.755 e. The summed E-state index contributed by atoms with van der Waals surface area (Å²) in [5.41, 5.74) is 4.42. The van der Waals surface area contributed by atoms with Gasteiger partial charge < -0.3 is 14.2 Å². The summed E-state index contributed by atoms with van der Waals surface area (Å²) in [4.78, 5) is 21.1. The number of hydrogen-bond donors (Lipinski definition) is 0. The summed E-state index contributed by atoms with van der Waals surface area (Å²) in [6.07, 6.45) is 2.69. The Morgan fingerprint density at radius 2 is 1.74 bits per heavy atom. The molecule has 1 unspecified atom stereocenters. The first kappa shape index (κ1) is 29.9. The summed E-state index contributed by atoms with van der Waals surface area (Å²) in [7, 11) is 0. The number of aromatic nitrogens is 2. The van der Waals surface area contributed by atoms with Crippen molar-refractivity contribution in [1.82, 2.24) is 9.55 Å². The monoisotopic (exact) mass is 587 g/mol. The third-order valence-electron chi connectivity index (χ3n) is 7.63. The molecule has 0 saturated carbocycles. The second-order valence-corrected chi connectivity index (χ2v) is 12.5. The van der Waals surface area contributed by atoms with Crippen molar-refractivity contribution < 1.29 is 13.5 Å². The summed E-state index contributed by atoms with van der Waals surface area (Å²) in [6.45, 7) is 11.1. The highest BCUT2D eigenvalue weighted by molar-refractivity contribution is 7.80. The number of hydrogen-bond acceptors (Lipinski definition) is 6. The van der Waals surface area contributed by atoms with Gasteiger partial charge in [0.1, 0.15) is 5.82 Å². The lowest BCUT2D eigenvalue weighted by Gasteiger charge is -2.39. The van der Waals surface area contributed by atoms with Gasteiger partial charge in [0.15, 0.2) is 0 Å². The van der Waals surface area contributed by atoms with Crippen molar-refractivity contribution in [3.05, 3.63) is 88.5 Å². The fourth-order valence-corrected chi connectivity index (χ4v) is 6.26. The van der Waals surface area contributed by atoms with Gasteiger partial charge in [-0.05, 0) is 62.6 Å². The number of unbranched alkanes of at least 4 members (excludes halogenated alkanes) is 1. The Kier molecular flexibility index (Phi) is 9.11. The maximum Gasteiger partial charge on any atom is 0.261 e. The predicted molar refractivity (Wildman–Crippen MR) is 170 cm³/mol. The van der Waals surface area contributed by atoms with Crippen LogP contribution in [0.5, 0.6) is 0 Å². The fraction of sp³-hybridized carbons (Fsp3) is 0.394. The number of nitrogens with zero attached hydrogens (tertiary/aromatic N) is 4. The molecule has 0 N–H and O–H groups in total. The molecule has 5 rings (SSSR count). The third-order valence-corrected chi connectivity index (χ3v) is 8.68. The standard InChI is InChI=1S/C33H40N4O4S/c1-5-6-11-31-34-29-17-16-26(35-18-20-41-21-19-35)22-28(29)32(38)36(31)23-24-12-14-25(15-13-24)27-9-7-8-10-30(27)37(42(39)40)33(2,3)4/h7-10,12-17,22H,5-6,11,18-21,23H2,1-4H3,(H,39,40)/p-1. The van der Waals surface area contributed by atoms with Gasteiger partial charge in [-0.2, -0.15) is 0 Å². The Labute approximate surface area is 250 Å². The number of para-hydroxylation sites is 1. The van der Waals surface area contributed by atoms with Gasteiger partial charge in [0.2, 0.25) is 0 Å². The average Bonchev–Trinajstić information content (AvgIpc) is 2.98. The number of anilines is 2. The molecule has 9 heteroatoms. The van der Waals surface area contributed by atoms with Crippen molar-refractivity contribution in [2.24, 2.45) is 0 Å². The van der Waals surface area contributed by atoms with Gasteiger partial charge in [0, 0.05) is 47.6 Å². The molecule has 1 saturated heterocycles. The van der Waals surface area contributed by atoms with E-state index >= 15 is 0 Å². The van der Waals surface area contributed by atoms with Crippen molar-refractivity contribution >= 4 is 33.5 Å². The van der Waals surface area contributed by atoms with Crippen molar-refractivity contribution in [3.63, 3.8) is 0 Å². The van der Waals surface area contributed by atoms with Crippen LogP contribution in [-0.2, 0) is 29.0 Å². The quantitative estimate of drug-likeness (QED) is 0.234. The van der Waals surface area contributed by atoms with E-state index in [9.17, 15) is 13.6 Å². The van der Waals surface area contributed by atoms with Crippen LogP contribution in [0.15, 0.2) is 71.5 Å². The molecule has 1 aliphatic rings. The minimum absolute atomic E-state index is 0.0330. The van der Waals surface area contributed by atoms with Gasteiger partial charge in [-0.3, -0.25) is 17.9 Å². The van der Waals surface area contributed by atoms with Crippen LogP contribution in [0.2, 0.25) is 0 Å². The summed E-state index contributed by atoms with van der Waals surface area (Å²) in [5.74, 6) is 0.793. The Morgan fingerprint density at radius 3 is 2.40 bits per heavy atom. The molecule has 222 valence electrons. The first-order valence-electron chi connectivity index (χ1n) is 14.6. The Bertz CT molecular complexity index is 1620. The molecule has 0 amide bonds. The Hall–Kier alpha value is -3.53. The molecular formula is C33H39N4O4S-. The van der Waals surface area contributed by atoms with Gasteiger partial charge >= 0.3 is 0 Å². The zero-order valence-electron chi connectivity index (χ0n) is 24.8. The van der Waals surface area contributed by atoms with Crippen LogP contribution in [-0.4, -0.2) is 50.2 Å². The average molecular weight is 588 g/mol. The van der Waals surface area contributed by atoms with E-state index in [1.165, 1.54) is 4.31 Å². The number of fused-ring (bicyclic) bond motifs is 1. The van der Waals surface area contributed by atoms with E-state index in [1.807, 2.05) is 92.1 Å². The number of benzene rings is 3. The smallest absolute Gasteiger partial charge is 0.261 e. The molecule has 8 nitrogen and oxygen atoms in total. The molecule has 42 heavy (non-hydrogen) atoms. The minimum atomic E-state index is -2.43.